The summed E-state index contributed by atoms with van der Waals surface area (Å²) in [6.45, 7) is 2.23. The molecule has 2 atom stereocenters. The fourth-order valence-electron chi connectivity index (χ4n) is 1.40. The first-order valence-electron chi connectivity index (χ1n) is 3.93. The van der Waals surface area contributed by atoms with E-state index in [2.05, 4.69) is 28.7 Å². The monoisotopic (exact) mass is 280 g/mol. The van der Waals surface area contributed by atoms with Crippen LogP contribution < -0.4 is 0 Å². The number of hydrogen-bond acceptors (Lipinski definition) is 2. The second kappa shape index (κ2) is 4.39. The minimum absolute atomic E-state index is 0.0925. The molecule has 1 aliphatic rings. The van der Waals surface area contributed by atoms with E-state index in [4.69, 9.17) is 10.2 Å². The van der Waals surface area contributed by atoms with Crippen molar-refractivity contribution in [3.8, 4) is 0 Å². The standard InChI is InChI=1S/C9H13IO2/c1-6-2-7(4-11)9(10)8(3-6)5-12/h2-3,7,9,11-12H,4-5H2,1H3. The van der Waals surface area contributed by atoms with E-state index < -0.39 is 0 Å². The summed E-state index contributed by atoms with van der Waals surface area (Å²) >= 11 is 2.26. The van der Waals surface area contributed by atoms with Crippen LogP contribution in [0.25, 0.3) is 0 Å². The van der Waals surface area contributed by atoms with E-state index in [9.17, 15) is 0 Å². The second-order valence-electron chi connectivity index (χ2n) is 3.04. The summed E-state index contributed by atoms with van der Waals surface area (Å²) < 4.78 is 0.237. The maximum absolute atomic E-state index is 9.03. The molecule has 2 nitrogen and oxygen atoms in total. The van der Waals surface area contributed by atoms with E-state index in [0.717, 1.165) is 11.1 Å². The van der Waals surface area contributed by atoms with Gasteiger partial charge < -0.3 is 10.2 Å². The van der Waals surface area contributed by atoms with Gasteiger partial charge in [-0.1, -0.05) is 40.3 Å². The maximum Gasteiger partial charge on any atom is 0.0655 e. The van der Waals surface area contributed by atoms with Crippen molar-refractivity contribution in [2.45, 2.75) is 10.8 Å². The van der Waals surface area contributed by atoms with Gasteiger partial charge in [0.1, 0.15) is 0 Å². The molecule has 0 aromatic carbocycles. The van der Waals surface area contributed by atoms with E-state index in [1.807, 2.05) is 13.0 Å². The van der Waals surface area contributed by atoms with Crippen molar-refractivity contribution in [2.75, 3.05) is 13.2 Å². The Balaban J connectivity index is 2.83. The van der Waals surface area contributed by atoms with E-state index in [0.29, 0.717) is 0 Å². The van der Waals surface area contributed by atoms with Gasteiger partial charge >= 0.3 is 0 Å². The van der Waals surface area contributed by atoms with Crippen molar-refractivity contribution in [3.05, 3.63) is 23.3 Å². The van der Waals surface area contributed by atoms with Gasteiger partial charge in [-0.05, 0) is 12.5 Å². The van der Waals surface area contributed by atoms with Gasteiger partial charge in [0.05, 0.1) is 13.2 Å². The van der Waals surface area contributed by atoms with Crippen molar-refractivity contribution in [1.82, 2.24) is 0 Å². The smallest absolute Gasteiger partial charge is 0.0655 e. The minimum Gasteiger partial charge on any atom is -0.396 e. The average Bonchev–Trinajstić information content (AvgIpc) is 2.08. The Morgan fingerprint density at radius 1 is 1.50 bits per heavy atom. The lowest BCUT2D eigenvalue weighted by atomic mass is 9.92. The molecule has 0 aliphatic heterocycles. The first kappa shape index (κ1) is 10.2. The van der Waals surface area contributed by atoms with E-state index in [1.165, 1.54) is 0 Å². The maximum atomic E-state index is 9.03. The molecule has 1 rings (SSSR count). The first-order valence-corrected chi connectivity index (χ1v) is 5.18. The van der Waals surface area contributed by atoms with E-state index >= 15 is 0 Å². The quantitative estimate of drug-likeness (QED) is 0.591. The predicted octanol–water partition coefficient (Wildman–Crippen LogP) is 1.28. The Morgan fingerprint density at radius 3 is 2.67 bits per heavy atom. The second-order valence-corrected chi connectivity index (χ2v) is 4.38. The third-order valence-corrected chi connectivity index (χ3v) is 3.74. The topological polar surface area (TPSA) is 40.5 Å². The molecule has 0 heterocycles. The summed E-state index contributed by atoms with van der Waals surface area (Å²) in [5.41, 5.74) is 2.14. The van der Waals surface area contributed by atoms with Gasteiger partial charge in [0.25, 0.3) is 0 Å². The van der Waals surface area contributed by atoms with Gasteiger partial charge in [-0.2, -0.15) is 0 Å². The molecular weight excluding hydrogens is 267 g/mol. The fourth-order valence-corrected chi connectivity index (χ4v) is 2.21. The van der Waals surface area contributed by atoms with Crippen LogP contribution in [0.5, 0.6) is 0 Å². The van der Waals surface area contributed by atoms with Crippen LogP contribution in [0, 0.1) is 5.92 Å². The molecule has 2 unspecified atom stereocenters. The van der Waals surface area contributed by atoms with Crippen LogP contribution in [0.2, 0.25) is 0 Å². The van der Waals surface area contributed by atoms with Crippen LogP contribution in [-0.2, 0) is 0 Å². The Kier molecular flexibility index (Phi) is 3.74. The predicted molar refractivity (Wildman–Crippen MR) is 57.3 cm³/mol. The molecule has 2 N–H and O–H groups in total. The van der Waals surface area contributed by atoms with Crippen molar-refractivity contribution in [3.63, 3.8) is 0 Å². The zero-order valence-electron chi connectivity index (χ0n) is 7.00. The summed E-state index contributed by atoms with van der Waals surface area (Å²) in [5, 5.41) is 18.0. The Bertz CT molecular complexity index is 221. The number of aliphatic hydroxyl groups is 2. The summed E-state index contributed by atoms with van der Waals surface area (Å²) in [7, 11) is 0. The zero-order valence-corrected chi connectivity index (χ0v) is 9.15. The Morgan fingerprint density at radius 2 is 2.17 bits per heavy atom. The van der Waals surface area contributed by atoms with Crippen LogP contribution in [0.3, 0.4) is 0 Å². The lowest BCUT2D eigenvalue weighted by molar-refractivity contribution is 0.249. The van der Waals surface area contributed by atoms with Crippen LogP contribution in [0.4, 0.5) is 0 Å². The lowest BCUT2D eigenvalue weighted by Gasteiger charge is -2.24. The zero-order chi connectivity index (χ0) is 9.14. The largest absolute Gasteiger partial charge is 0.396 e. The highest BCUT2D eigenvalue weighted by Crippen LogP contribution is 2.28. The molecule has 0 saturated carbocycles. The number of halogens is 1. The molecule has 0 fully saturated rings. The Labute approximate surface area is 86.1 Å². The van der Waals surface area contributed by atoms with Crippen molar-refractivity contribution < 1.29 is 10.2 Å². The summed E-state index contributed by atoms with van der Waals surface area (Å²) in [4.78, 5) is 0. The molecule has 0 amide bonds. The summed E-state index contributed by atoms with van der Waals surface area (Å²) in [5.74, 6) is 0.165. The Hall–Kier alpha value is 0.130. The highest BCUT2D eigenvalue weighted by atomic mass is 127. The number of hydrogen-bond donors (Lipinski definition) is 2. The fraction of sp³-hybridized carbons (Fsp3) is 0.556. The van der Waals surface area contributed by atoms with Crippen LogP contribution in [-0.4, -0.2) is 27.4 Å². The lowest BCUT2D eigenvalue weighted by Crippen LogP contribution is -2.23. The molecule has 0 aromatic rings. The summed E-state index contributed by atoms with van der Waals surface area (Å²) in [6, 6.07) is 0. The van der Waals surface area contributed by atoms with Crippen molar-refractivity contribution in [1.29, 1.82) is 0 Å². The van der Waals surface area contributed by atoms with E-state index in [1.54, 1.807) is 0 Å². The first-order chi connectivity index (χ1) is 5.69. The van der Waals surface area contributed by atoms with Crippen LogP contribution in [0.15, 0.2) is 23.3 Å². The van der Waals surface area contributed by atoms with Gasteiger partial charge in [-0.15, -0.1) is 0 Å². The number of alkyl halides is 1. The van der Waals surface area contributed by atoms with Crippen LogP contribution in [0.1, 0.15) is 6.92 Å². The molecule has 3 heteroatoms. The molecule has 0 radical (unpaired) electrons. The molecular formula is C9H13IO2. The molecule has 0 bridgehead atoms. The van der Waals surface area contributed by atoms with Gasteiger partial charge in [0.2, 0.25) is 0 Å². The highest BCUT2D eigenvalue weighted by molar-refractivity contribution is 14.1. The van der Waals surface area contributed by atoms with E-state index in [-0.39, 0.29) is 23.1 Å². The summed E-state index contributed by atoms with van der Waals surface area (Å²) in [6.07, 6.45) is 4.04. The normalized spacial score (nSPS) is 29.7. The van der Waals surface area contributed by atoms with Crippen molar-refractivity contribution >= 4 is 22.6 Å². The number of aliphatic hydroxyl groups excluding tert-OH is 2. The van der Waals surface area contributed by atoms with Gasteiger partial charge in [-0.3, -0.25) is 0 Å². The third-order valence-electron chi connectivity index (χ3n) is 2.01. The number of allylic oxidation sites excluding steroid dienone is 2. The van der Waals surface area contributed by atoms with Crippen LogP contribution >= 0.6 is 22.6 Å². The highest BCUT2D eigenvalue weighted by Gasteiger charge is 2.22. The molecule has 0 saturated heterocycles. The number of rotatable bonds is 2. The minimum atomic E-state index is 0.0925. The molecule has 12 heavy (non-hydrogen) atoms. The molecule has 1 aliphatic carbocycles. The van der Waals surface area contributed by atoms with Crippen molar-refractivity contribution in [2.24, 2.45) is 5.92 Å². The SMILES string of the molecule is CC1=CC(CO)C(I)C(CO)=C1. The van der Waals surface area contributed by atoms with Gasteiger partial charge in [0, 0.05) is 9.84 Å². The molecule has 0 spiro atoms. The third kappa shape index (κ3) is 2.08. The van der Waals surface area contributed by atoms with Gasteiger partial charge in [0.15, 0.2) is 0 Å². The molecule has 68 valence electrons. The average molecular weight is 280 g/mol. The molecule has 0 aromatic heterocycles. The van der Waals surface area contributed by atoms with Gasteiger partial charge in [-0.25, -0.2) is 0 Å².